The number of para-hydroxylation sites is 1. The number of rotatable bonds is 3. The number of oxime groups is 1. The van der Waals surface area contributed by atoms with Gasteiger partial charge in [-0.1, -0.05) is 23.4 Å². The SMILES string of the molecule is CC1(C)CC(SCc2c(C(F)(F)F)nn(-c3ccccc3)c2O)=NO1. The van der Waals surface area contributed by atoms with Crippen LogP contribution in [0, 0.1) is 0 Å². The standard InChI is InChI=1S/C16H16F3N3O2S/c1-15(2)8-12(21-24-15)25-9-11-13(16(17,18)19)20-22(14(11)23)10-6-4-3-5-7-10/h3-7,23H,8-9H2,1-2H3. The summed E-state index contributed by atoms with van der Waals surface area (Å²) >= 11 is 1.10. The highest BCUT2D eigenvalue weighted by atomic mass is 32.2. The maximum atomic E-state index is 13.3. The van der Waals surface area contributed by atoms with Crippen LogP contribution in [0.2, 0.25) is 0 Å². The summed E-state index contributed by atoms with van der Waals surface area (Å²) in [5, 5.41) is 18.4. The van der Waals surface area contributed by atoms with E-state index in [-0.39, 0.29) is 11.3 Å². The van der Waals surface area contributed by atoms with Gasteiger partial charge in [-0.15, -0.1) is 11.8 Å². The average molecular weight is 371 g/mol. The van der Waals surface area contributed by atoms with E-state index in [1.54, 1.807) is 30.3 Å². The molecule has 0 spiro atoms. The summed E-state index contributed by atoms with van der Waals surface area (Å²) in [4.78, 5) is 5.21. The summed E-state index contributed by atoms with van der Waals surface area (Å²) in [6.07, 6.45) is -4.16. The molecule has 25 heavy (non-hydrogen) atoms. The van der Waals surface area contributed by atoms with Gasteiger partial charge in [0.15, 0.2) is 5.69 Å². The fourth-order valence-electron chi connectivity index (χ4n) is 2.39. The first-order valence-electron chi connectivity index (χ1n) is 7.49. The maximum absolute atomic E-state index is 13.3. The fourth-order valence-corrected chi connectivity index (χ4v) is 3.50. The van der Waals surface area contributed by atoms with Crippen LogP contribution in [0.25, 0.3) is 5.69 Å². The molecule has 0 fully saturated rings. The van der Waals surface area contributed by atoms with E-state index in [4.69, 9.17) is 4.84 Å². The smallest absolute Gasteiger partial charge is 0.435 e. The van der Waals surface area contributed by atoms with Gasteiger partial charge in [0.25, 0.3) is 0 Å². The first kappa shape index (κ1) is 17.7. The van der Waals surface area contributed by atoms with Gasteiger partial charge >= 0.3 is 6.18 Å². The summed E-state index contributed by atoms with van der Waals surface area (Å²) in [5.74, 6) is -0.629. The highest BCUT2D eigenvalue weighted by Crippen LogP contribution is 2.39. The number of aromatic nitrogens is 2. The van der Waals surface area contributed by atoms with Crippen LogP contribution in [-0.4, -0.2) is 25.5 Å². The predicted molar refractivity (Wildman–Crippen MR) is 88.7 cm³/mol. The predicted octanol–water partition coefficient (Wildman–Crippen LogP) is 4.34. The first-order chi connectivity index (χ1) is 11.7. The number of halogens is 3. The molecule has 0 unspecified atom stereocenters. The number of nitrogens with zero attached hydrogens (tertiary/aromatic N) is 3. The highest BCUT2D eigenvalue weighted by Gasteiger charge is 2.40. The van der Waals surface area contributed by atoms with Crippen LogP contribution < -0.4 is 0 Å². The van der Waals surface area contributed by atoms with Crippen LogP contribution in [-0.2, 0) is 16.8 Å². The Bertz CT molecular complexity index is 801. The Morgan fingerprint density at radius 2 is 1.96 bits per heavy atom. The van der Waals surface area contributed by atoms with Crippen LogP contribution in [0.15, 0.2) is 35.5 Å². The number of benzene rings is 1. The Balaban J connectivity index is 1.91. The third-order valence-corrected chi connectivity index (χ3v) is 4.57. The Kier molecular flexibility index (Phi) is 4.44. The van der Waals surface area contributed by atoms with Gasteiger partial charge in [-0.05, 0) is 26.0 Å². The second-order valence-corrected chi connectivity index (χ2v) is 7.25. The molecule has 134 valence electrons. The lowest BCUT2D eigenvalue weighted by atomic mass is 10.1. The summed E-state index contributed by atoms with van der Waals surface area (Å²) < 4.78 is 40.9. The van der Waals surface area contributed by atoms with Gasteiger partial charge in [0, 0.05) is 12.2 Å². The minimum Gasteiger partial charge on any atom is -0.493 e. The van der Waals surface area contributed by atoms with Gasteiger partial charge in [-0.2, -0.15) is 18.3 Å². The number of alkyl halides is 3. The van der Waals surface area contributed by atoms with Crippen LogP contribution in [0.4, 0.5) is 13.2 Å². The monoisotopic (exact) mass is 371 g/mol. The van der Waals surface area contributed by atoms with E-state index in [1.165, 1.54) is 0 Å². The maximum Gasteiger partial charge on any atom is 0.435 e. The molecule has 1 aliphatic rings. The van der Waals surface area contributed by atoms with E-state index >= 15 is 0 Å². The summed E-state index contributed by atoms with van der Waals surface area (Å²) in [5.41, 5.74) is -1.48. The molecule has 1 aromatic heterocycles. The van der Waals surface area contributed by atoms with Gasteiger partial charge in [-0.3, -0.25) is 0 Å². The van der Waals surface area contributed by atoms with Crippen molar-refractivity contribution in [1.82, 2.24) is 9.78 Å². The van der Waals surface area contributed by atoms with Crippen molar-refractivity contribution in [2.24, 2.45) is 5.16 Å². The van der Waals surface area contributed by atoms with Gasteiger partial charge < -0.3 is 9.94 Å². The topological polar surface area (TPSA) is 59.6 Å². The van der Waals surface area contributed by atoms with Gasteiger partial charge in [0.2, 0.25) is 5.88 Å². The number of hydrogen-bond acceptors (Lipinski definition) is 5. The molecule has 1 aliphatic heterocycles. The number of hydrogen-bond donors (Lipinski definition) is 1. The molecule has 0 saturated heterocycles. The molecule has 9 heteroatoms. The van der Waals surface area contributed by atoms with Crippen molar-refractivity contribution in [2.45, 2.75) is 37.8 Å². The van der Waals surface area contributed by atoms with E-state index in [0.717, 1.165) is 16.4 Å². The lowest BCUT2D eigenvalue weighted by Gasteiger charge is -2.13. The molecule has 1 N–H and O–H groups in total. The highest BCUT2D eigenvalue weighted by molar-refractivity contribution is 8.13. The number of thioether (sulfide) groups is 1. The Morgan fingerprint density at radius 3 is 2.52 bits per heavy atom. The van der Waals surface area contributed by atoms with E-state index in [0.29, 0.717) is 17.2 Å². The fraction of sp³-hybridized carbons (Fsp3) is 0.375. The lowest BCUT2D eigenvalue weighted by Crippen LogP contribution is -2.18. The third kappa shape index (κ3) is 3.76. The van der Waals surface area contributed by atoms with Crippen molar-refractivity contribution in [3.8, 4) is 11.6 Å². The van der Waals surface area contributed by atoms with Gasteiger partial charge in [0.1, 0.15) is 10.6 Å². The van der Waals surface area contributed by atoms with Gasteiger partial charge in [0.05, 0.1) is 11.3 Å². The van der Waals surface area contributed by atoms with Crippen molar-refractivity contribution in [1.29, 1.82) is 0 Å². The van der Waals surface area contributed by atoms with Gasteiger partial charge in [-0.25, -0.2) is 4.68 Å². The second kappa shape index (κ2) is 6.29. The molecular weight excluding hydrogens is 355 g/mol. The van der Waals surface area contributed by atoms with E-state index < -0.39 is 23.4 Å². The van der Waals surface area contributed by atoms with Crippen LogP contribution in [0.5, 0.6) is 5.88 Å². The first-order valence-corrected chi connectivity index (χ1v) is 8.47. The molecule has 3 rings (SSSR count). The zero-order valence-electron chi connectivity index (χ0n) is 13.5. The average Bonchev–Trinajstić information content (AvgIpc) is 3.05. The number of aromatic hydroxyl groups is 1. The quantitative estimate of drug-likeness (QED) is 0.872. The minimum absolute atomic E-state index is 0.105. The van der Waals surface area contributed by atoms with Crippen molar-refractivity contribution in [2.75, 3.05) is 0 Å². The van der Waals surface area contributed by atoms with Crippen LogP contribution in [0.3, 0.4) is 0 Å². The zero-order valence-corrected chi connectivity index (χ0v) is 14.4. The molecule has 0 radical (unpaired) electrons. The normalized spacial score (nSPS) is 16.6. The summed E-state index contributed by atoms with van der Waals surface area (Å²) in [6, 6.07) is 8.18. The second-order valence-electron chi connectivity index (χ2n) is 6.20. The molecule has 0 aliphatic carbocycles. The van der Waals surface area contributed by atoms with Crippen molar-refractivity contribution >= 4 is 16.8 Å². The largest absolute Gasteiger partial charge is 0.493 e. The molecule has 0 atom stereocenters. The van der Waals surface area contributed by atoms with Crippen LogP contribution in [0.1, 0.15) is 31.5 Å². The Labute approximate surface area is 146 Å². The van der Waals surface area contributed by atoms with E-state index in [1.807, 2.05) is 13.8 Å². The zero-order chi connectivity index (χ0) is 18.2. The van der Waals surface area contributed by atoms with E-state index in [2.05, 4.69) is 10.3 Å². The molecule has 1 aromatic carbocycles. The molecule has 0 saturated carbocycles. The Hall–Kier alpha value is -2.16. The van der Waals surface area contributed by atoms with Crippen molar-refractivity contribution in [3.05, 3.63) is 41.6 Å². The molecule has 5 nitrogen and oxygen atoms in total. The van der Waals surface area contributed by atoms with Crippen LogP contribution >= 0.6 is 11.8 Å². The van der Waals surface area contributed by atoms with Crippen molar-refractivity contribution < 1.29 is 23.1 Å². The van der Waals surface area contributed by atoms with Crippen molar-refractivity contribution in [3.63, 3.8) is 0 Å². The molecule has 2 aromatic rings. The summed E-state index contributed by atoms with van der Waals surface area (Å²) in [7, 11) is 0. The summed E-state index contributed by atoms with van der Waals surface area (Å²) in [6.45, 7) is 3.69. The molecule has 0 amide bonds. The molecular formula is C16H16F3N3O2S. The lowest BCUT2D eigenvalue weighted by molar-refractivity contribution is -0.141. The molecule has 2 heterocycles. The minimum atomic E-state index is -4.67. The Morgan fingerprint density at radius 1 is 1.28 bits per heavy atom. The van der Waals surface area contributed by atoms with E-state index in [9.17, 15) is 18.3 Å². The third-order valence-electron chi connectivity index (χ3n) is 3.58. The molecule has 0 bridgehead atoms.